The number of nitro benzene ring substituents is 1. The molecule has 1 fully saturated rings. The number of nitro groups is 1. The maximum Gasteiger partial charge on any atom is 0.273 e. The predicted octanol–water partition coefficient (Wildman–Crippen LogP) is 3.65. The van der Waals surface area contributed by atoms with Gasteiger partial charge in [0, 0.05) is 18.2 Å². The van der Waals surface area contributed by atoms with Gasteiger partial charge in [0.25, 0.3) is 5.69 Å². The Balaban J connectivity index is 1.83. The fraction of sp³-hybridized carbons (Fsp3) is 0.600. The van der Waals surface area contributed by atoms with Gasteiger partial charge in [-0.2, -0.15) is 0 Å². The normalized spacial score (nSPS) is 17.1. The quantitative estimate of drug-likeness (QED) is 0.500. The van der Waals surface area contributed by atoms with Crippen molar-refractivity contribution in [2.24, 2.45) is 5.92 Å². The molecule has 1 N–H and O–H groups in total. The summed E-state index contributed by atoms with van der Waals surface area (Å²) in [6.45, 7) is 1.57. The van der Waals surface area contributed by atoms with Crippen LogP contribution in [0.3, 0.4) is 0 Å². The van der Waals surface area contributed by atoms with Gasteiger partial charge < -0.3 is 5.32 Å². The Hall–Kier alpha value is -1.42. The molecule has 0 heterocycles. The van der Waals surface area contributed by atoms with Crippen LogP contribution in [0.25, 0.3) is 0 Å². The van der Waals surface area contributed by atoms with Crippen molar-refractivity contribution >= 4 is 5.69 Å². The molecular weight excluding hydrogens is 240 g/mol. The minimum absolute atomic E-state index is 0.218. The van der Waals surface area contributed by atoms with Crippen LogP contribution < -0.4 is 5.32 Å². The van der Waals surface area contributed by atoms with Gasteiger partial charge in [-0.25, -0.2) is 0 Å². The number of rotatable bonds is 5. The molecule has 4 nitrogen and oxygen atoms in total. The van der Waals surface area contributed by atoms with Crippen LogP contribution in [0.4, 0.5) is 5.69 Å². The van der Waals surface area contributed by atoms with E-state index in [1.165, 1.54) is 38.5 Å². The highest BCUT2D eigenvalue weighted by Gasteiger charge is 2.14. The minimum Gasteiger partial charge on any atom is -0.312 e. The summed E-state index contributed by atoms with van der Waals surface area (Å²) in [5.41, 5.74) is 0.997. The lowest BCUT2D eigenvalue weighted by molar-refractivity contribution is -0.385. The van der Waals surface area contributed by atoms with Crippen LogP contribution in [-0.4, -0.2) is 11.5 Å². The Morgan fingerprint density at radius 3 is 2.53 bits per heavy atom. The number of benzene rings is 1. The first-order valence-electron chi connectivity index (χ1n) is 7.20. The second kappa shape index (κ2) is 7.24. The Morgan fingerprint density at radius 1 is 1.16 bits per heavy atom. The summed E-state index contributed by atoms with van der Waals surface area (Å²) < 4.78 is 0. The van der Waals surface area contributed by atoms with Crippen molar-refractivity contribution in [2.75, 3.05) is 6.54 Å². The smallest absolute Gasteiger partial charge is 0.273 e. The molecule has 0 bridgehead atoms. The number of nitrogens with zero attached hydrogens (tertiary/aromatic N) is 1. The van der Waals surface area contributed by atoms with Gasteiger partial charge in [0.1, 0.15) is 0 Å². The predicted molar refractivity (Wildman–Crippen MR) is 76.0 cm³/mol. The molecule has 1 aromatic rings. The third-order valence-corrected chi connectivity index (χ3v) is 3.91. The third kappa shape index (κ3) is 4.31. The molecule has 1 aliphatic rings. The molecule has 19 heavy (non-hydrogen) atoms. The molecule has 0 saturated heterocycles. The molecule has 0 aliphatic heterocycles. The molecular formula is C15H22N2O2. The molecule has 1 aromatic carbocycles. The molecule has 1 aliphatic carbocycles. The molecule has 1 saturated carbocycles. The van der Waals surface area contributed by atoms with Crippen molar-refractivity contribution in [3.63, 3.8) is 0 Å². The Kier molecular flexibility index (Phi) is 5.33. The summed E-state index contributed by atoms with van der Waals surface area (Å²) in [6, 6.07) is 6.98. The Labute approximate surface area is 114 Å². The molecule has 0 aromatic heterocycles. The molecule has 0 unspecified atom stereocenters. The summed E-state index contributed by atoms with van der Waals surface area (Å²) in [4.78, 5) is 10.6. The minimum atomic E-state index is -0.303. The fourth-order valence-electron chi connectivity index (χ4n) is 2.82. The van der Waals surface area contributed by atoms with E-state index in [1.54, 1.807) is 12.1 Å². The highest BCUT2D eigenvalue weighted by Crippen LogP contribution is 2.22. The monoisotopic (exact) mass is 262 g/mol. The van der Waals surface area contributed by atoms with Gasteiger partial charge in [0.15, 0.2) is 0 Å². The van der Waals surface area contributed by atoms with E-state index in [0.717, 1.165) is 18.0 Å². The molecule has 4 heteroatoms. The topological polar surface area (TPSA) is 55.2 Å². The average Bonchev–Trinajstić information content (AvgIpc) is 2.68. The maximum atomic E-state index is 10.9. The van der Waals surface area contributed by atoms with E-state index in [4.69, 9.17) is 0 Å². The molecule has 0 amide bonds. The maximum absolute atomic E-state index is 10.9. The zero-order valence-corrected chi connectivity index (χ0v) is 11.3. The van der Waals surface area contributed by atoms with E-state index in [-0.39, 0.29) is 10.6 Å². The lowest BCUT2D eigenvalue weighted by Gasteiger charge is -2.14. The van der Waals surface area contributed by atoms with Gasteiger partial charge in [-0.05, 0) is 25.3 Å². The van der Waals surface area contributed by atoms with Gasteiger partial charge in [-0.3, -0.25) is 10.1 Å². The Morgan fingerprint density at radius 2 is 1.84 bits per heavy atom. The lowest BCUT2D eigenvalue weighted by Crippen LogP contribution is -2.22. The van der Waals surface area contributed by atoms with Crippen LogP contribution in [-0.2, 0) is 6.54 Å². The summed E-state index contributed by atoms with van der Waals surface area (Å²) in [7, 11) is 0. The van der Waals surface area contributed by atoms with Gasteiger partial charge in [-0.15, -0.1) is 0 Å². The zero-order valence-electron chi connectivity index (χ0n) is 11.3. The molecule has 0 radical (unpaired) electrons. The first-order valence-corrected chi connectivity index (χ1v) is 7.20. The van der Waals surface area contributed by atoms with Crippen molar-refractivity contribution in [1.82, 2.24) is 5.32 Å². The summed E-state index contributed by atoms with van der Waals surface area (Å²) in [5.74, 6) is 0.741. The summed E-state index contributed by atoms with van der Waals surface area (Å²) in [6.07, 6.45) is 7.98. The van der Waals surface area contributed by atoms with Gasteiger partial charge in [0.05, 0.1) is 4.92 Å². The van der Waals surface area contributed by atoms with Gasteiger partial charge in [-0.1, -0.05) is 43.9 Å². The van der Waals surface area contributed by atoms with E-state index in [0.29, 0.717) is 6.54 Å². The van der Waals surface area contributed by atoms with Gasteiger partial charge >= 0.3 is 0 Å². The van der Waals surface area contributed by atoms with Crippen molar-refractivity contribution in [2.45, 2.75) is 45.1 Å². The SMILES string of the molecule is O=[N+]([O-])c1ccccc1CNCC1CCCCCC1. The van der Waals surface area contributed by atoms with E-state index in [2.05, 4.69) is 5.32 Å². The average molecular weight is 262 g/mol. The van der Waals surface area contributed by atoms with E-state index in [9.17, 15) is 10.1 Å². The lowest BCUT2D eigenvalue weighted by atomic mass is 10.0. The highest BCUT2D eigenvalue weighted by molar-refractivity contribution is 5.39. The number of hydrogen-bond acceptors (Lipinski definition) is 3. The first kappa shape index (κ1) is 14.0. The molecule has 104 valence electrons. The fourth-order valence-corrected chi connectivity index (χ4v) is 2.82. The van der Waals surface area contributed by atoms with Crippen molar-refractivity contribution in [1.29, 1.82) is 0 Å². The number of para-hydroxylation sites is 1. The van der Waals surface area contributed by atoms with Crippen LogP contribution in [0.1, 0.15) is 44.1 Å². The second-order valence-electron chi connectivity index (χ2n) is 5.37. The van der Waals surface area contributed by atoms with E-state index in [1.807, 2.05) is 12.1 Å². The number of hydrogen-bond donors (Lipinski definition) is 1. The van der Waals surface area contributed by atoms with E-state index < -0.39 is 0 Å². The summed E-state index contributed by atoms with van der Waals surface area (Å²) in [5, 5.41) is 14.3. The molecule has 0 atom stereocenters. The van der Waals surface area contributed by atoms with Crippen LogP contribution in [0.5, 0.6) is 0 Å². The first-order chi connectivity index (χ1) is 9.27. The van der Waals surface area contributed by atoms with Crippen LogP contribution in [0, 0.1) is 16.0 Å². The largest absolute Gasteiger partial charge is 0.312 e. The van der Waals surface area contributed by atoms with Gasteiger partial charge in [0.2, 0.25) is 0 Å². The number of nitrogens with one attached hydrogen (secondary N) is 1. The van der Waals surface area contributed by atoms with Crippen molar-refractivity contribution < 1.29 is 4.92 Å². The second-order valence-corrected chi connectivity index (χ2v) is 5.37. The zero-order chi connectivity index (χ0) is 13.5. The van der Waals surface area contributed by atoms with Crippen LogP contribution in [0.2, 0.25) is 0 Å². The molecule has 0 spiro atoms. The van der Waals surface area contributed by atoms with Crippen molar-refractivity contribution in [3.8, 4) is 0 Å². The standard InChI is InChI=1S/C15H22N2O2/c18-17(19)15-10-6-5-9-14(15)12-16-11-13-7-3-1-2-4-8-13/h5-6,9-10,13,16H,1-4,7-8,11-12H2. The third-order valence-electron chi connectivity index (χ3n) is 3.91. The van der Waals surface area contributed by atoms with Crippen molar-refractivity contribution in [3.05, 3.63) is 39.9 Å². The highest BCUT2D eigenvalue weighted by atomic mass is 16.6. The van der Waals surface area contributed by atoms with Crippen LogP contribution >= 0.6 is 0 Å². The molecule has 2 rings (SSSR count). The Bertz CT molecular complexity index is 412. The summed E-state index contributed by atoms with van der Waals surface area (Å²) >= 11 is 0. The van der Waals surface area contributed by atoms with E-state index >= 15 is 0 Å². The van der Waals surface area contributed by atoms with Crippen LogP contribution in [0.15, 0.2) is 24.3 Å².